The van der Waals surface area contributed by atoms with Crippen LogP contribution >= 0.6 is 0 Å². The number of aromatic carboxylic acids is 1. The van der Waals surface area contributed by atoms with E-state index in [1.165, 1.54) is 11.0 Å². The molecular formula is C7H7N3O2. The first-order valence-electron chi connectivity index (χ1n) is 3.26. The summed E-state index contributed by atoms with van der Waals surface area (Å²) in [5, 5.41) is 12.1. The highest BCUT2D eigenvalue weighted by molar-refractivity contribution is 5.82. The van der Waals surface area contributed by atoms with Crippen LogP contribution in [-0.2, 0) is 6.54 Å². The Morgan fingerprint density at radius 3 is 3.08 bits per heavy atom. The van der Waals surface area contributed by atoms with Crippen molar-refractivity contribution < 1.29 is 9.90 Å². The smallest absolute Gasteiger partial charge is 0.375 e. The molecular weight excluding hydrogens is 158 g/mol. The normalized spacial score (nSPS) is 8.75. The highest BCUT2D eigenvalue weighted by Crippen LogP contribution is 1.88. The van der Waals surface area contributed by atoms with Gasteiger partial charge in [-0.15, -0.1) is 11.0 Å². The summed E-state index contributed by atoms with van der Waals surface area (Å²) in [5.74, 6) is 4.08. The van der Waals surface area contributed by atoms with Gasteiger partial charge in [0.15, 0.2) is 0 Å². The Kier molecular flexibility index (Phi) is 2.43. The number of nitrogens with zero attached hydrogens (tertiary/aromatic N) is 3. The molecule has 0 atom stereocenters. The van der Waals surface area contributed by atoms with E-state index in [4.69, 9.17) is 5.11 Å². The van der Waals surface area contributed by atoms with Crippen molar-refractivity contribution in [3.05, 3.63) is 12.2 Å². The van der Waals surface area contributed by atoms with E-state index in [2.05, 4.69) is 21.9 Å². The zero-order valence-corrected chi connectivity index (χ0v) is 6.48. The molecule has 0 saturated heterocycles. The molecule has 1 aromatic rings. The minimum Gasteiger partial charge on any atom is -0.475 e. The first kappa shape index (κ1) is 8.27. The van der Waals surface area contributed by atoms with E-state index in [9.17, 15) is 4.79 Å². The van der Waals surface area contributed by atoms with E-state index in [-0.39, 0.29) is 5.82 Å². The van der Waals surface area contributed by atoms with Crippen molar-refractivity contribution in [3.8, 4) is 11.8 Å². The van der Waals surface area contributed by atoms with Gasteiger partial charge in [0.25, 0.3) is 5.82 Å². The fraction of sp³-hybridized carbons (Fsp3) is 0.286. The van der Waals surface area contributed by atoms with Gasteiger partial charge in [-0.1, -0.05) is 5.92 Å². The fourth-order valence-electron chi connectivity index (χ4n) is 0.629. The predicted octanol–water partition coefficient (Wildman–Crippen LogP) is -0.000400. The molecule has 0 aliphatic heterocycles. The van der Waals surface area contributed by atoms with Gasteiger partial charge in [-0.25, -0.2) is 14.5 Å². The summed E-state index contributed by atoms with van der Waals surface area (Å²) in [7, 11) is 0. The zero-order valence-electron chi connectivity index (χ0n) is 6.48. The summed E-state index contributed by atoms with van der Waals surface area (Å²) in [4.78, 5) is 13.9. The van der Waals surface area contributed by atoms with E-state index < -0.39 is 5.97 Å². The second-order valence-electron chi connectivity index (χ2n) is 2.00. The highest BCUT2D eigenvalue weighted by atomic mass is 16.4. The topological polar surface area (TPSA) is 68.0 Å². The van der Waals surface area contributed by atoms with Gasteiger partial charge >= 0.3 is 5.97 Å². The monoisotopic (exact) mass is 165 g/mol. The average Bonchev–Trinajstić information content (AvgIpc) is 2.48. The van der Waals surface area contributed by atoms with E-state index in [1.807, 2.05) is 0 Å². The van der Waals surface area contributed by atoms with E-state index in [0.717, 1.165) is 0 Å². The lowest BCUT2D eigenvalue weighted by molar-refractivity contribution is 0.0683. The number of hydrogen-bond acceptors (Lipinski definition) is 3. The molecule has 1 aromatic heterocycles. The van der Waals surface area contributed by atoms with Crippen LogP contribution in [0.4, 0.5) is 0 Å². The standard InChI is InChI=1S/C7H7N3O2/c1-2-3-4-10-5-8-6(9-10)7(11)12/h5H,4H2,1H3,(H,11,12). The summed E-state index contributed by atoms with van der Waals surface area (Å²) >= 11 is 0. The first-order valence-corrected chi connectivity index (χ1v) is 3.26. The molecule has 62 valence electrons. The molecule has 0 aliphatic rings. The van der Waals surface area contributed by atoms with Crippen LogP contribution in [0, 0.1) is 11.8 Å². The minimum atomic E-state index is -1.13. The third kappa shape index (κ3) is 1.83. The zero-order chi connectivity index (χ0) is 8.97. The largest absolute Gasteiger partial charge is 0.475 e. The number of carboxylic acid groups (broad SMARTS) is 1. The number of rotatable bonds is 2. The molecule has 0 fully saturated rings. The van der Waals surface area contributed by atoms with Gasteiger partial charge in [0.05, 0.1) is 0 Å². The van der Waals surface area contributed by atoms with Crippen molar-refractivity contribution in [2.75, 3.05) is 0 Å². The van der Waals surface area contributed by atoms with Crippen LogP contribution in [0.5, 0.6) is 0 Å². The Hall–Kier alpha value is -1.83. The maximum atomic E-state index is 10.3. The number of aromatic nitrogens is 3. The van der Waals surface area contributed by atoms with E-state index >= 15 is 0 Å². The highest BCUT2D eigenvalue weighted by Gasteiger charge is 2.07. The molecule has 0 aromatic carbocycles. The van der Waals surface area contributed by atoms with Crippen molar-refractivity contribution in [1.29, 1.82) is 0 Å². The maximum absolute atomic E-state index is 10.3. The molecule has 0 saturated carbocycles. The quantitative estimate of drug-likeness (QED) is 0.626. The molecule has 0 unspecified atom stereocenters. The number of carboxylic acids is 1. The summed E-state index contributed by atoms with van der Waals surface area (Å²) < 4.78 is 1.37. The second kappa shape index (κ2) is 3.53. The lowest BCUT2D eigenvalue weighted by atomic mass is 10.6. The molecule has 0 bridgehead atoms. The van der Waals surface area contributed by atoms with Crippen LogP contribution in [0.3, 0.4) is 0 Å². The van der Waals surface area contributed by atoms with Gasteiger partial charge < -0.3 is 5.11 Å². The molecule has 1 heterocycles. The summed E-state index contributed by atoms with van der Waals surface area (Å²) in [6, 6.07) is 0. The van der Waals surface area contributed by atoms with Crippen LogP contribution in [0.2, 0.25) is 0 Å². The van der Waals surface area contributed by atoms with E-state index in [0.29, 0.717) is 6.54 Å². The van der Waals surface area contributed by atoms with E-state index in [1.54, 1.807) is 6.92 Å². The summed E-state index contributed by atoms with van der Waals surface area (Å²) in [6.07, 6.45) is 1.34. The van der Waals surface area contributed by atoms with Crippen LogP contribution in [0.15, 0.2) is 6.33 Å². The third-order valence-corrected chi connectivity index (χ3v) is 1.15. The SMILES string of the molecule is CC#CCn1cnc(C(=O)O)n1. The second-order valence-corrected chi connectivity index (χ2v) is 2.00. The summed E-state index contributed by atoms with van der Waals surface area (Å²) in [5.41, 5.74) is 0. The van der Waals surface area contributed by atoms with Gasteiger partial charge in [-0.3, -0.25) is 0 Å². The van der Waals surface area contributed by atoms with Crippen molar-refractivity contribution in [1.82, 2.24) is 14.8 Å². The van der Waals surface area contributed by atoms with Gasteiger partial charge in [-0.2, -0.15) is 0 Å². The van der Waals surface area contributed by atoms with Crippen LogP contribution in [-0.4, -0.2) is 25.8 Å². The van der Waals surface area contributed by atoms with Crippen LogP contribution in [0.1, 0.15) is 17.5 Å². The lowest BCUT2D eigenvalue weighted by Gasteiger charge is -1.87. The molecule has 0 amide bonds. The Labute approximate surface area is 69.0 Å². The summed E-state index contributed by atoms with van der Waals surface area (Å²) in [6.45, 7) is 2.08. The third-order valence-electron chi connectivity index (χ3n) is 1.15. The fourth-order valence-corrected chi connectivity index (χ4v) is 0.629. The lowest BCUT2D eigenvalue weighted by Crippen LogP contribution is -2.02. The molecule has 1 rings (SSSR count). The Bertz CT molecular complexity index is 345. The van der Waals surface area contributed by atoms with Crippen molar-refractivity contribution in [2.24, 2.45) is 0 Å². The number of carbonyl (C=O) groups is 1. The molecule has 0 aliphatic carbocycles. The van der Waals surface area contributed by atoms with Gasteiger partial charge in [-0.05, 0) is 6.92 Å². The Morgan fingerprint density at radius 2 is 2.58 bits per heavy atom. The van der Waals surface area contributed by atoms with Crippen LogP contribution < -0.4 is 0 Å². The molecule has 0 radical (unpaired) electrons. The van der Waals surface area contributed by atoms with Crippen molar-refractivity contribution >= 4 is 5.97 Å². The van der Waals surface area contributed by atoms with Gasteiger partial charge in [0.1, 0.15) is 12.9 Å². The van der Waals surface area contributed by atoms with Crippen molar-refractivity contribution in [3.63, 3.8) is 0 Å². The van der Waals surface area contributed by atoms with Gasteiger partial charge in [0, 0.05) is 0 Å². The average molecular weight is 165 g/mol. The maximum Gasteiger partial charge on any atom is 0.375 e. The molecule has 5 nitrogen and oxygen atoms in total. The minimum absolute atomic E-state index is 0.201. The molecule has 0 spiro atoms. The molecule has 12 heavy (non-hydrogen) atoms. The molecule has 1 N–H and O–H groups in total. The van der Waals surface area contributed by atoms with Crippen molar-refractivity contribution in [2.45, 2.75) is 13.5 Å². The van der Waals surface area contributed by atoms with Gasteiger partial charge in [0.2, 0.25) is 0 Å². The Balaban J connectivity index is 2.75. The molecule has 5 heteroatoms. The first-order chi connectivity index (χ1) is 5.74. The predicted molar refractivity (Wildman–Crippen MR) is 40.4 cm³/mol. The van der Waals surface area contributed by atoms with Crippen LogP contribution in [0.25, 0.3) is 0 Å². The Morgan fingerprint density at radius 1 is 1.83 bits per heavy atom. The number of hydrogen-bond donors (Lipinski definition) is 1.